The average Bonchev–Trinajstić information content (AvgIpc) is 2.80. The van der Waals surface area contributed by atoms with E-state index in [2.05, 4.69) is 10.3 Å². The zero-order chi connectivity index (χ0) is 13.7. The van der Waals surface area contributed by atoms with Crippen molar-refractivity contribution in [2.45, 2.75) is 6.92 Å². The summed E-state index contributed by atoms with van der Waals surface area (Å²) in [4.78, 5) is 16.0. The summed E-state index contributed by atoms with van der Waals surface area (Å²) in [5.74, 6) is 0.509. The van der Waals surface area contributed by atoms with Crippen LogP contribution in [0.4, 0.5) is 5.13 Å². The highest BCUT2D eigenvalue weighted by Gasteiger charge is 2.09. The monoisotopic (exact) mass is 274 g/mol. The summed E-state index contributed by atoms with van der Waals surface area (Å²) in [6.07, 6.45) is 6.79. The number of ether oxygens (including phenoxy) is 1. The van der Waals surface area contributed by atoms with Crippen molar-refractivity contribution in [3.8, 4) is 5.75 Å². The van der Waals surface area contributed by atoms with Crippen molar-refractivity contribution >= 4 is 32.6 Å². The highest BCUT2D eigenvalue weighted by molar-refractivity contribution is 7.22. The molecule has 0 saturated carbocycles. The number of nitrogens with zero attached hydrogens (tertiary/aromatic N) is 1. The molecule has 1 aromatic carbocycles. The number of allylic oxidation sites excluding steroid dienone is 3. The lowest BCUT2D eigenvalue weighted by Crippen LogP contribution is -2.07. The van der Waals surface area contributed by atoms with Crippen LogP contribution in [0.1, 0.15) is 6.92 Å². The average molecular weight is 274 g/mol. The number of rotatable bonds is 4. The van der Waals surface area contributed by atoms with E-state index in [4.69, 9.17) is 4.74 Å². The number of amides is 1. The molecule has 5 heteroatoms. The summed E-state index contributed by atoms with van der Waals surface area (Å²) in [6, 6.07) is 5.69. The van der Waals surface area contributed by atoms with Crippen LogP contribution in [-0.4, -0.2) is 18.0 Å². The molecule has 0 unspecified atom stereocenters. The zero-order valence-electron chi connectivity index (χ0n) is 10.7. The second kappa shape index (κ2) is 6.15. The van der Waals surface area contributed by atoms with Gasteiger partial charge in [0.25, 0.3) is 0 Å². The number of fused-ring (bicyclic) bond motifs is 1. The number of anilines is 1. The van der Waals surface area contributed by atoms with E-state index in [1.807, 2.05) is 31.2 Å². The third-order valence-corrected chi connectivity index (χ3v) is 3.32. The number of aromatic nitrogens is 1. The fourth-order valence-corrected chi connectivity index (χ4v) is 2.43. The zero-order valence-corrected chi connectivity index (χ0v) is 11.5. The third kappa shape index (κ3) is 3.20. The minimum Gasteiger partial charge on any atom is -0.494 e. The lowest BCUT2D eigenvalue weighted by Gasteiger charge is -1.98. The van der Waals surface area contributed by atoms with Crippen molar-refractivity contribution in [3.63, 3.8) is 0 Å². The van der Waals surface area contributed by atoms with Gasteiger partial charge >= 0.3 is 0 Å². The molecule has 0 aliphatic rings. The van der Waals surface area contributed by atoms with Crippen LogP contribution < -0.4 is 10.1 Å². The Labute approximate surface area is 115 Å². The molecule has 98 valence electrons. The molecule has 0 aliphatic heterocycles. The Balaban J connectivity index is 2.20. The van der Waals surface area contributed by atoms with Crippen molar-refractivity contribution in [3.05, 3.63) is 42.5 Å². The Kier molecular flexibility index (Phi) is 4.30. The van der Waals surface area contributed by atoms with E-state index in [-0.39, 0.29) is 5.91 Å². The largest absolute Gasteiger partial charge is 0.494 e. The lowest BCUT2D eigenvalue weighted by atomic mass is 10.3. The lowest BCUT2D eigenvalue weighted by molar-refractivity contribution is -0.111. The summed E-state index contributed by atoms with van der Waals surface area (Å²) in [5, 5.41) is 3.30. The van der Waals surface area contributed by atoms with Gasteiger partial charge in [-0.15, -0.1) is 0 Å². The third-order valence-electron chi connectivity index (χ3n) is 2.38. The Morgan fingerprint density at radius 1 is 1.42 bits per heavy atom. The van der Waals surface area contributed by atoms with Crippen molar-refractivity contribution in [1.29, 1.82) is 0 Å². The van der Waals surface area contributed by atoms with Crippen molar-refractivity contribution in [2.75, 3.05) is 12.4 Å². The minimum atomic E-state index is -0.198. The molecule has 1 amide bonds. The molecule has 0 saturated heterocycles. The van der Waals surface area contributed by atoms with Crippen molar-refractivity contribution < 1.29 is 9.53 Å². The maximum atomic E-state index is 11.6. The smallest absolute Gasteiger partial charge is 0.250 e. The number of nitrogens with one attached hydrogen (secondary N) is 1. The van der Waals surface area contributed by atoms with Crippen LogP contribution in [-0.2, 0) is 4.79 Å². The van der Waals surface area contributed by atoms with Gasteiger partial charge < -0.3 is 4.74 Å². The highest BCUT2D eigenvalue weighted by Crippen LogP contribution is 2.31. The summed E-state index contributed by atoms with van der Waals surface area (Å²) in [7, 11) is 1.60. The molecule has 4 nitrogen and oxygen atoms in total. The first-order valence-electron chi connectivity index (χ1n) is 5.78. The number of carbonyl (C=O) groups excluding carboxylic acids is 1. The molecule has 0 fully saturated rings. The fourth-order valence-electron chi connectivity index (χ4n) is 1.54. The molecule has 1 aromatic heterocycles. The van der Waals surface area contributed by atoms with E-state index in [0.717, 1.165) is 10.2 Å². The van der Waals surface area contributed by atoms with Gasteiger partial charge in [0.2, 0.25) is 5.91 Å². The summed E-state index contributed by atoms with van der Waals surface area (Å²) in [5.41, 5.74) is 0.766. The van der Waals surface area contributed by atoms with E-state index in [0.29, 0.717) is 10.9 Å². The molecule has 2 rings (SSSR count). The predicted octanol–water partition coefficient (Wildman–Crippen LogP) is 3.38. The molecule has 19 heavy (non-hydrogen) atoms. The van der Waals surface area contributed by atoms with E-state index in [1.165, 1.54) is 17.4 Å². The summed E-state index contributed by atoms with van der Waals surface area (Å²) >= 11 is 1.42. The topological polar surface area (TPSA) is 51.2 Å². The molecule has 0 bridgehead atoms. The number of carbonyl (C=O) groups is 1. The van der Waals surface area contributed by atoms with Gasteiger partial charge in [0.15, 0.2) is 5.13 Å². The molecule has 0 spiro atoms. The summed E-state index contributed by atoms with van der Waals surface area (Å²) < 4.78 is 6.21. The second-order valence-electron chi connectivity index (χ2n) is 3.70. The van der Waals surface area contributed by atoms with Gasteiger partial charge in [0.1, 0.15) is 11.3 Å². The first kappa shape index (κ1) is 13.3. The van der Waals surface area contributed by atoms with Crippen molar-refractivity contribution in [2.24, 2.45) is 0 Å². The number of benzene rings is 1. The molecule has 0 aliphatic carbocycles. The number of thiazole rings is 1. The van der Waals surface area contributed by atoms with Crippen LogP contribution in [0, 0.1) is 0 Å². The Morgan fingerprint density at radius 3 is 3.00 bits per heavy atom. The van der Waals surface area contributed by atoms with Crippen LogP contribution in [0.5, 0.6) is 5.75 Å². The Bertz CT molecular complexity index is 644. The number of hydrogen-bond donors (Lipinski definition) is 1. The Morgan fingerprint density at radius 2 is 2.26 bits per heavy atom. The van der Waals surface area contributed by atoms with Gasteiger partial charge in [-0.1, -0.05) is 35.6 Å². The van der Waals surface area contributed by atoms with Crippen LogP contribution in [0.25, 0.3) is 10.2 Å². The van der Waals surface area contributed by atoms with Gasteiger partial charge in [-0.3, -0.25) is 10.1 Å². The van der Waals surface area contributed by atoms with Gasteiger partial charge in [0, 0.05) is 6.08 Å². The molecule has 0 radical (unpaired) electrons. The van der Waals surface area contributed by atoms with Crippen LogP contribution in [0.15, 0.2) is 42.5 Å². The fraction of sp³-hybridized carbons (Fsp3) is 0.143. The number of hydrogen-bond acceptors (Lipinski definition) is 4. The molecule has 1 heterocycles. The standard InChI is InChI=1S/C14H14N2O2S/c1-3-4-5-9-12(17)15-14-16-13-10(18-2)7-6-8-11(13)19-14/h3-9H,1-2H3,(H,15,16,17)/b4-3+,9-5+. The van der Waals surface area contributed by atoms with Gasteiger partial charge in [-0.05, 0) is 19.1 Å². The van der Waals surface area contributed by atoms with Crippen LogP contribution in [0.2, 0.25) is 0 Å². The number of para-hydroxylation sites is 1. The molecular formula is C14H14N2O2S. The minimum absolute atomic E-state index is 0.198. The van der Waals surface area contributed by atoms with Gasteiger partial charge in [0.05, 0.1) is 11.8 Å². The van der Waals surface area contributed by atoms with Crippen LogP contribution in [0.3, 0.4) is 0 Å². The van der Waals surface area contributed by atoms with E-state index < -0.39 is 0 Å². The maximum Gasteiger partial charge on any atom is 0.250 e. The molecular weight excluding hydrogens is 260 g/mol. The maximum absolute atomic E-state index is 11.6. The molecule has 1 N–H and O–H groups in total. The van der Waals surface area contributed by atoms with Crippen LogP contribution >= 0.6 is 11.3 Å². The van der Waals surface area contributed by atoms with E-state index in [1.54, 1.807) is 19.3 Å². The first-order valence-corrected chi connectivity index (χ1v) is 6.60. The SMILES string of the molecule is C/C=C/C=C/C(=O)Nc1nc2c(OC)cccc2s1. The van der Waals surface area contributed by atoms with Crippen molar-refractivity contribution in [1.82, 2.24) is 4.98 Å². The van der Waals surface area contributed by atoms with Gasteiger partial charge in [-0.25, -0.2) is 4.98 Å². The Hall–Kier alpha value is -2.14. The predicted molar refractivity (Wildman–Crippen MR) is 78.8 cm³/mol. The summed E-state index contributed by atoms with van der Waals surface area (Å²) in [6.45, 7) is 1.89. The molecule has 0 atom stereocenters. The van der Waals surface area contributed by atoms with E-state index in [9.17, 15) is 4.79 Å². The highest BCUT2D eigenvalue weighted by atomic mass is 32.1. The quantitative estimate of drug-likeness (QED) is 0.687. The van der Waals surface area contributed by atoms with E-state index >= 15 is 0 Å². The second-order valence-corrected chi connectivity index (χ2v) is 4.73. The normalized spacial score (nSPS) is 11.5. The van der Waals surface area contributed by atoms with Gasteiger partial charge in [-0.2, -0.15) is 0 Å². The first-order chi connectivity index (χ1) is 9.24. The number of methoxy groups -OCH3 is 1. The molecule has 2 aromatic rings.